The van der Waals surface area contributed by atoms with E-state index in [1.54, 1.807) is 11.3 Å². The Morgan fingerprint density at radius 3 is 3.22 bits per heavy atom. The van der Waals surface area contributed by atoms with E-state index in [1.807, 2.05) is 23.6 Å². The van der Waals surface area contributed by atoms with Crippen LogP contribution in [-0.4, -0.2) is 0 Å². The van der Waals surface area contributed by atoms with Crippen molar-refractivity contribution < 1.29 is 0 Å². The van der Waals surface area contributed by atoms with Gasteiger partial charge in [0.1, 0.15) is 0 Å². The zero-order valence-electron chi connectivity index (χ0n) is 4.72. The fraction of sp³-hybridized carbons (Fsp3) is 0. The van der Waals surface area contributed by atoms with Gasteiger partial charge in [-0.3, -0.25) is 0 Å². The standard InChI is InChI=1S/C8H4S/c1-2-4-8-7(3-1)5-6-9-8/h1-3,6H. The van der Waals surface area contributed by atoms with Gasteiger partial charge in [0, 0.05) is 22.2 Å². The first-order chi connectivity index (χ1) is 4.47. The lowest BCUT2D eigenvalue weighted by atomic mass is 10.3. The van der Waals surface area contributed by atoms with Crippen molar-refractivity contribution in [2.75, 3.05) is 0 Å². The van der Waals surface area contributed by atoms with Gasteiger partial charge in [-0.05, 0) is 5.38 Å². The van der Waals surface area contributed by atoms with Gasteiger partial charge in [0.15, 0.2) is 0 Å². The number of rotatable bonds is 0. The molecule has 2 radical (unpaired) electrons. The molecule has 0 saturated carbocycles. The highest BCUT2D eigenvalue weighted by atomic mass is 32.1. The molecule has 2 rings (SSSR count). The van der Waals surface area contributed by atoms with Crippen molar-refractivity contribution in [2.24, 2.45) is 0 Å². The molecule has 0 atom stereocenters. The van der Waals surface area contributed by atoms with Gasteiger partial charge in [0.2, 0.25) is 0 Å². The van der Waals surface area contributed by atoms with Gasteiger partial charge in [0.25, 0.3) is 0 Å². The van der Waals surface area contributed by atoms with Crippen LogP contribution in [0.2, 0.25) is 0 Å². The van der Waals surface area contributed by atoms with Gasteiger partial charge >= 0.3 is 0 Å². The first-order valence-corrected chi connectivity index (χ1v) is 3.60. The Morgan fingerprint density at radius 1 is 1.33 bits per heavy atom. The monoisotopic (exact) mass is 132 g/mol. The summed E-state index contributed by atoms with van der Waals surface area (Å²) in [5, 5.41) is 3.13. The van der Waals surface area contributed by atoms with E-state index in [9.17, 15) is 0 Å². The fourth-order valence-corrected chi connectivity index (χ4v) is 1.48. The second kappa shape index (κ2) is 1.85. The van der Waals surface area contributed by atoms with Gasteiger partial charge in [0.05, 0.1) is 0 Å². The number of thiophene rings is 1. The van der Waals surface area contributed by atoms with Crippen molar-refractivity contribution in [3.05, 3.63) is 35.7 Å². The molecule has 0 unspecified atom stereocenters. The quantitative estimate of drug-likeness (QED) is 0.516. The summed E-state index contributed by atoms with van der Waals surface area (Å²) in [5.41, 5.74) is 0. The Labute approximate surface area is 57.8 Å². The lowest BCUT2D eigenvalue weighted by Crippen LogP contribution is -1.57. The third-order valence-electron chi connectivity index (χ3n) is 1.21. The lowest BCUT2D eigenvalue weighted by Gasteiger charge is -1.80. The van der Waals surface area contributed by atoms with Crippen LogP contribution in [0.3, 0.4) is 0 Å². The van der Waals surface area contributed by atoms with Crippen molar-refractivity contribution in [1.29, 1.82) is 0 Å². The molecule has 9 heavy (non-hydrogen) atoms. The number of benzene rings is 1. The van der Waals surface area contributed by atoms with E-state index < -0.39 is 0 Å². The molecule has 0 aliphatic rings. The van der Waals surface area contributed by atoms with Crippen molar-refractivity contribution in [2.45, 2.75) is 0 Å². The smallest absolute Gasteiger partial charge is 0.0428 e. The van der Waals surface area contributed by atoms with Crippen molar-refractivity contribution >= 4 is 21.4 Å². The summed E-state index contributed by atoms with van der Waals surface area (Å²) in [5.74, 6) is 0. The van der Waals surface area contributed by atoms with Gasteiger partial charge < -0.3 is 0 Å². The van der Waals surface area contributed by atoms with Gasteiger partial charge in [-0.15, -0.1) is 11.3 Å². The van der Waals surface area contributed by atoms with Crippen molar-refractivity contribution in [3.8, 4) is 0 Å². The maximum Gasteiger partial charge on any atom is 0.0428 e. The molecule has 0 amide bonds. The van der Waals surface area contributed by atoms with E-state index in [2.05, 4.69) is 12.1 Å². The first-order valence-electron chi connectivity index (χ1n) is 2.72. The first kappa shape index (κ1) is 5.00. The van der Waals surface area contributed by atoms with E-state index >= 15 is 0 Å². The molecule has 0 fully saturated rings. The SMILES string of the molecule is [c]1csc2[c]cccc12. The number of hydrogen-bond donors (Lipinski definition) is 0. The molecule has 1 aromatic heterocycles. The summed E-state index contributed by atoms with van der Waals surface area (Å²) in [6, 6.07) is 12.2. The van der Waals surface area contributed by atoms with E-state index in [4.69, 9.17) is 0 Å². The Bertz CT molecular complexity index is 279. The van der Waals surface area contributed by atoms with Crippen molar-refractivity contribution in [1.82, 2.24) is 0 Å². The Kier molecular flexibility index (Phi) is 1.03. The summed E-state index contributed by atoms with van der Waals surface area (Å²) >= 11 is 1.68. The average molecular weight is 132 g/mol. The summed E-state index contributed by atoms with van der Waals surface area (Å²) in [6.45, 7) is 0. The van der Waals surface area contributed by atoms with E-state index in [-0.39, 0.29) is 0 Å². The molecule has 0 aliphatic heterocycles. The third kappa shape index (κ3) is 0.736. The maximum absolute atomic E-state index is 3.12. The zero-order chi connectivity index (χ0) is 6.10. The lowest BCUT2D eigenvalue weighted by molar-refractivity contribution is 1.83. The highest BCUT2D eigenvalue weighted by Gasteiger charge is 1.89. The molecule has 0 saturated heterocycles. The van der Waals surface area contributed by atoms with Crippen LogP contribution in [-0.2, 0) is 0 Å². The second-order valence-corrected chi connectivity index (χ2v) is 2.67. The Hall–Kier alpha value is -0.820. The normalized spacial score (nSPS) is 10.2. The van der Waals surface area contributed by atoms with E-state index in [0.29, 0.717) is 0 Å². The molecule has 42 valence electrons. The van der Waals surface area contributed by atoms with Crippen molar-refractivity contribution in [3.63, 3.8) is 0 Å². The van der Waals surface area contributed by atoms with Crippen LogP contribution in [0.5, 0.6) is 0 Å². The van der Waals surface area contributed by atoms with E-state index in [1.165, 1.54) is 10.1 Å². The minimum atomic E-state index is 1.17. The predicted octanol–water partition coefficient (Wildman–Crippen LogP) is 2.50. The summed E-state index contributed by atoms with van der Waals surface area (Å²) < 4.78 is 1.19. The van der Waals surface area contributed by atoms with Crippen LogP contribution in [0.1, 0.15) is 0 Å². The van der Waals surface area contributed by atoms with E-state index in [0.717, 1.165) is 0 Å². The largest absolute Gasteiger partial charge is 0.142 e. The fourth-order valence-electron chi connectivity index (χ4n) is 0.785. The molecule has 0 bridgehead atoms. The van der Waals surface area contributed by atoms with Crippen LogP contribution in [0.25, 0.3) is 10.1 Å². The highest BCUT2D eigenvalue weighted by molar-refractivity contribution is 7.17. The predicted molar refractivity (Wildman–Crippen MR) is 39.5 cm³/mol. The van der Waals surface area contributed by atoms with Crippen LogP contribution >= 0.6 is 11.3 Å². The molecule has 1 aromatic carbocycles. The van der Waals surface area contributed by atoms with Crippen LogP contribution < -0.4 is 0 Å². The second-order valence-electron chi connectivity index (χ2n) is 1.79. The summed E-state index contributed by atoms with van der Waals surface area (Å²) in [6.07, 6.45) is 0. The molecule has 0 spiro atoms. The summed E-state index contributed by atoms with van der Waals surface area (Å²) in [7, 11) is 0. The highest BCUT2D eigenvalue weighted by Crippen LogP contribution is 2.17. The van der Waals surface area contributed by atoms with Gasteiger partial charge in [-0.2, -0.15) is 0 Å². The topological polar surface area (TPSA) is 0 Å². The molecule has 0 nitrogen and oxygen atoms in total. The number of fused-ring (bicyclic) bond motifs is 1. The minimum absolute atomic E-state index is 1.17. The number of hydrogen-bond acceptors (Lipinski definition) is 1. The zero-order valence-corrected chi connectivity index (χ0v) is 5.53. The summed E-state index contributed by atoms with van der Waals surface area (Å²) in [4.78, 5) is 0. The molecule has 2 aromatic rings. The minimum Gasteiger partial charge on any atom is -0.142 e. The Balaban J connectivity index is 2.95. The van der Waals surface area contributed by atoms with Gasteiger partial charge in [-0.25, -0.2) is 0 Å². The maximum atomic E-state index is 3.12. The third-order valence-corrected chi connectivity index (χ3v) is 2.02. The molecule has 0 aliphatic carbocycles. The van der Waals surface area contributed by atoms with Crippen LogP contribution in [0.15, 0.2) is 23.6 Å². The van der Waals surface area contributed by atoms with Crippen LogP contribution in [0, 0.1) is 12.1 Å². The molecule has 0 N–H and O–H groups in total. The van der Waals surface area contributed by atoms with Gasteiger partial charge in [-0.1, -0.05) is 18.2 Å². The molecule has 1 heterocycles. The Morgan fingerprint density at radius 2 is 2.33 bits per heavy atom. The average Bonchev–Trinajstić information content (AvgIpc) is 2.33. The molecular formula is C8H4S. The molecular weight excluding hydrogens is 128 g/mol. The molecule has 1 heteroatoms. The van der Waals surface area contributed by atoms with Crippen LogP contribution in [0.4, 0.5) is 0 Å².